The first-order valence-corrected chi connectivity index (χ1v) is 18.3. The number of allylic oxidation sites excluding steroid dienone is 1. The Balaban J connectivity index is 1.26. The second-order valence-corrected chi connectivity index (χ2v) is 15.1. The summed E-state index contributed by atoms with van der Waals surface area (Å²) in [6.07, 6.45) is 14.7. The maximum atomic E-state index is 14.0. The van der Waals surface area contributed by atoms with Crippen molar-refractivity contribution >= 4 is 39.3 Å². The van der Waals surface area contributed by atoms with Crippen LogP contribution in [0, 0.1) is 0 Å². The molecule has 0 radical (unpaired) electrons. The normalized spacial score (nSPS) is 27.1. The lowest BCUT2D eigenvalue weighted by atomic mass is 9.80. The Kier molecular flexibility index (Phi) is 9.61. The van der Waals surface area contributed by atoms with Crippen LogP contribution in [0.1, 0.15) is 77.6 Å². The molecule has 3 heterocycles. The topological polar surface area (TPSA) is 108 Å². The highest BCUT2D eigenvalue weighted by molar-refractivity contribution is 7.93. The Hall–Kier alpha value is -3.57. The van der Waals surface area contributed by atoms with E-state index in [1.807, 2.05) is 49.4 Å². The van der Waals surface area contributed by atoms with Crippen molar-refractivity contribution in [1.82, 2.24) is 5.32 Å². The molecule has 0 saturated carbocycles. The van der Waals surface area contributed by atoms with Gasteiger partial charge in [-0.3, -0.25) is 19.4 Å². The third-order valence-electron chi connectivity index (χ3n) is 9.88. The number of anilines is 3. The van der Waals surface area contributed by atoms with Crippen molar-refractivity contribution in [3.63, 3.8) is 0 Å². The number of nitrogens with zero attached hydrogens (tertiary/aromatic N) is 3. The van der Waals surface area contributed by atoms with Gasteiger partial charge in [-0.1, -0.05) is 49.6 Å². The molecular formula is C35H46N4O6S. The van der Waals surface area contributed by atoms with Crippen LogP contribution in [-0.4, -0.2) is 64.4 Å². The maximum Gasteiger partial charge on any atom is 0.416 e. The van der Waals surface area contributed by atoms with Gasteiger partial charge in [-0.25, -0.2) is 18.0 Å². The van der Waals surface area contributed by atoms with E-state index in [-0.39, 0.29) is 23.9 Å². The molecule has 6 rings (SSSR count). The van der Waals surface area contributed by atoms with Gasteiger partial charge in [0, 0.05) is 12.1 Å². The van der Waals surface area contributed by atoms with Crippen LogP contribution in [0.2, 0.25) is 0 Å². The molecule has 248 valence electrons. The number of carbonyl (C=O) groups excluding carboxylic acids is 2. The summed E-state index contributed by atoms with van der Waals surface area (Å²) >= 11 is 0. The Bertz CT molecular complexity index is 1560. The quantitative estimate of drug-likeness (QED) is 0.358. The molecule has 0 bridgehead atoms. The minimum absolute atomic E-state index is 0.0699. The number of nitrogens with one attached hydrogen (secondary N) is 1. The van der Waals surface area contributed by atoms with Crippen molar-refractivity contribution in [2.24, 2.45) is 0 Å². The molecule has 1 N–H and O–H groups in total. The highest BCUT2D eigenvalue weighted by Crippen LogP contribution is 2.40. The van der Waals surface area contributed by atoms with Gasteiger partial charge in [-0.2, -0.15) is 0 Å². The number of piperidine rings is 1. The van der Waals surface area contributed by atoms with E-state index in [1.165, 1.54) is 37.1 Å². The fourth-order valence-electron chi connectivity index (χ4n) is 7.46. The van der Waals surface area contributed by atoms with Crippen LogP contribution in [0.25, 0.3) is 11.1 Å². The molecule has 1 spiro atoms. The summed E-state index contributed by atoms with van der Waals surface area (Å²) in [5.41, 5.74) is 3.38. The van der Waals surface area contributed by atoms with Crippen LogP contribution in [0.15, 0.2) is 54.6 Å². The van der Waals surface area contributed by atoms with E-state index in [9.17, 15) is 18.0 Å². The number of fused-ring (bicyclic) bond motifs is 1. The number of hydrogen-bond acceptors (Lipinski definition) is 7. The lowest BCUT2D eigenvalue weighted by molar-refractivity contribution is 0.0226. The van der Waals surface area contributed by atoms with Gasteiger partial charge in [0.1, 0.15) is 0 Å². The second kappa shape index (κ2) is 13.7. The molecular weight excluding hydrogens is 604 g/mol. The summed E-state index contributed by atoms with van der Waals surface area (Å²) in [7, 11) is -1.93. The summed E-state index contributed by atoms with van der Waals surface area (Å²) < 4.78 is 37.6. The van der Waals surface area contributed by atoms with Crippen molar-refractivity contribution in [2.75, 3.05) is 40.1 Å². The Morgan fingerprint density at radius 2 is 1.65 bits per heavy atom. The molecule has 4 aliphatic rings. The predicted molar refractivity (Wildman–Crippen MR) is 181 cm³/mol. The van der Waals surface area contributed by atoms with E-state index in [2.05, 4.69) is 17.5 Å². The minimum atomic E-state index is -3.28. The van der Waals surface area contributed by atoms with E-state index in [0.717, 1.165) is 49.7 Å². The molecule has 2 fully saturated rings. The minimum Gasteiger partial charge on any atom is -0.452 e. The Morgan fingerprint density at radius 1 is 0.891 bits per heavy atom. The van der Waals surface area contributed by atoms with Crippen LogP contribution in [0.5, 0.6) is 0 Å². The molecule has 3 atom stereocenters. The zero-order valence-electron chi connectivity index (χ0n) is 26.9. The van der Waals surface area contributed by atoms with E-state index in [1.54, 1.807) is 9.80 Å². The molecule has 0 aromatic heterocycles. The molecule has 2 saturated heterocycles. The highest BCUT2D eigenvalue weighted by Gasteiger charge is 2.40. The van der Waals surface area contributed by atoms with Crippen LogP contribution in [0.4, 0.5) is 26.7 Å². The average molecular weight is 651 g/mol. The molecule has 2 aromatic carbocycles. The van der Waals surface area contributed by atoms with Crippen molar-refractivity contribution < 1.29 is 27.5 Å². The summed E-state index contributed by atoms with van der Waals surface area (Å²) in [5.74, 6) is 0.162. The van der Waals surface area contributed by atoms with Gasteiger partial charge in [-0.15, -0.1) is 0 Å². The van der Waals surface area contributed by atoms with Crippen molar-refractivity contribution in [1.29, 1.82) is 0 Å². The van der Waals surface area contributed by atoms with Crippen LogP contribution < -0.4 is 19.4 Å². The van der Waals surface area contributed by atoms with E-state index < -0.39 is 28.4 Å². The van der Waals surface area contributed by atoms with Gasteiger partial charge in [-0.05, 0) is 93.7 Å². The van der Waals surface area contributed by atoms with Crippen LogP contribution in [-0.2, 0) is 19.5 Å². The Labute approximate surface area is 272 Å². The van der Waals surface area contributed by atoms with Crippen LogP contribution >= 0.6 is 0 Å². The number of hydrogen-bond donors (Lipinski definition) is 1. The monoisotopic (exact) mass is 650 g/mol. The van der Waals surface area contributed by atoms with Crippen molar-refractivity contribution in [2.45, 2.75) is 95.4 Å². The molecule has 10 nitrogen and oxygen atoms in total. The van der Waals surface area contributed by atoms with E-state index >= 15 is 0 Å². The lowest BCUT2D eigenvalue weighted by Gasteiger charge is -2.43. The molecule has 3 aliphatic heterocycles. The zero-order chi connectivity index (χ0) is 32.3. The van der Waals surface area contributed by atoms with Crippen molar-refractivity contribution in [3.8, 4) is 11.1 Å². The van der Waals surface area contributed by atoms with Gasteiger partial charge in [0.05, 0.1) is 42.5 Å². The molecule has 2 unspecified atom stereocenters. The van der Waals surface area contributed by atoms with Gasteiger partial charge in [0.15, 0.2) is 6.23 Å². The number of amides is 2. The molecule has 46 heavy (non-hydrogen) atoms. The van der Waals surface area contributed by atoms with E-state index in [4.69, 9.17) is 9.47 Å². The third kappa shape index (κ3) is 6.76. The second-order valence-electron chi connectivity index (χ2n) is 13.1. The Morgan fingerprint density at radius 3 is 2.41 bits per heavy atom. The zero-order valence-corrected chi connectivity index (χ0v) is 27.8. The molecule has 1 aliphatic carbocycles. The predicted octanol–water partition coefficient (Wildman–Crippen LogP) is 6.95. The molecule has 2 amide bonds. The third-order valence-corrected chi connectivity index (χ3v) is 11.7. The fraction of sp³-hybridized carbons (Fsp3) is 0.543. The standard InChI is InChI=1S/C35H46N4O6S/c1-26-25-37(33(40)45-32-12-10-21-35(36-32)19-8-6-4-3-5-7-9-20-35)31-24-28(15-18-30(31)39(26)34(41)44-2)27-13-16-29(17-14-27)38-22-11-23-46(38,42)43/h6,8,13-18,24,26,32,36H,3-5,7,9-12,19-23,25H2,1-2H3/b8-6-/t26-,32?,35?/m0/s1. The number of ether oxygens (including phenoxy) is 2. The van der Waals surface area contributed by atoms with Gasteiger partial charge in [0.25, 0.3) is 0 Å². The average Bonchev–Trinajstić information content (AvgIpc) is 3.42. The summed E-state index contributed by atoms with van der Waals surface area (Å²) in [4.78, 5) is 30.0. The van der Waals surface area contributed by atoms with Gasteiger partial charge >= 0.3 is 12.2 Å². The molecule has 11 heteroatoms. The van der Waals surface area contributed by atoms with Crippen LogP contribution in [0.3, 0.4) is 0 Å². The summed E-state index contributed by atoms with van der Waals surface area (Å²) in [6, 6.07) is 12.7. The van der Waals surface area contributed by atoms with Crippen molar-refractivity contribution in [3.05, 3.63) is 54.6 Å². The molecule has 2 aromatic rings. The number of sulfonamides is 1. The lowest BCUT2D eigenvalue weighted by Crippen LogP contribution is -2.57. The number of benzene rings is 2. The first-order chi connectivity index (χ1) is 22.2. The largest absolute Gasteiger partial charge is 0.452 e. The van der Waals surface area contributed by atoms with E-state index in [0.29, 0.717) is 30.0 Å². The SMILES string of the molecule is COC(=O)N1c2ccc(-c3ccc(N4CCCS4(=O)=O)cc3)cc2N(C(=O)OC2CCCC3(C/C=C\CCCCCC3)N2)C[C@@H]1C. The number of carbonyl (C=O) groups is 2. The smallest absolute Gasteiger partial charge is 0.416 e. The van der Waals surface area contributed by atoms with Gasteiger partial charge in [0.2, 0.25) is 10.0 Å². The highest BCUT2D eigenvalue weighted by atomic mass is 32.2. The van der Waals surface area contributed by atoms with Gasteiger partial charge < -0.3 is 9.47 Å². The fourth-order valence-corrected chi connectivity index (χ4v) is 9.02. The maximum absolute atomic E-state index is 14.0. The first kappa shape index (κ1) is 32.4. The number of rotatable bonds is 3. The summed E-state index contributed by atoms with van der Waals surface area (Å²) in [6.45, 7) is 2.61. The summed E-state index contributed by atoms with van der Waals surface area (Å²) in [5, 5.41) is 3.75. The first-order valence-electron chi connectivity index (χ1n) is 16.7. The number of methoxy groups -OCH3 is 1.